The van der Waals surface area contributed by atoms with Crippen LogP contribution in [0.5, 0.6) is 0 Å². The molecule has 0 amide bonds. The van der Waals surface area contributed by atoms with Gasteiger partial charge in [-0.1, -0.05) is 18.2 Å². The van der Waals surface area contributed by atoms with E-state index in [1.807, 2.05) is 0 Å². The molecule has 6 nitrogen and oxygen atoms in total. The van der Waals surface area contributed by atoms with Crippen LogP contribution in [-0.4, -0.2) is 70.1 Å². The highest BCUT2D eigenvalue weighted by Crippen LogP contribution is 2.27. The third kappa shape index (κ3) is 5.30. The van der Waals surface area contributed by atoms with Gasteiger partial charge in [0.15, 0.2) is 15.8 Å². The third-order valence-corrected chi connectivity index (χ3v) is 6.20. The molecular weight excluding hydrogens is 451 g/mol. The first-order chi connectivity index (χ1) is 11.6. The Morgan fingerprint density at radius 2 is 1.92 bits per heavy atom. The molecular formula is C17H27IN4O2S. The monoisotopic (exact) mass is 478 g/mol. The van der Waals surface area contributed by atoms with Gasteiger partial charge in [-0.25, -0.2) is 8.42 Å². The van der Waals surface area contributed by atoms with Gasteiger partial charge in [-0.15, -0.1) is 24.0 Å². The number of para-hydroxylation sites is 1. The molecule has 0 unspecified atom stereocenters. The summed E-state index contributed by atoms with van der Waals surface area (Å²) in [4.78, 5) is 9.20. The molecule has 25 heavy (non-hydrogen) atoms. The van der Waals surface area contributed by atoms with E-state index in [0.717, 1.165) is 32.0 Å². The van der Waals surface area contributed by atoms with Crippen LogP contribution in [0.2, 0.25) is 0 Å². The maximum absolute atomic E-state index is 11.5. The van der Waals surface area contributed by atoms with E-state index in [1.54, 1.807) is 0 Å². The van der Waals surface area contributed by atoms with E-state index in [0.29, 0.717) is 19.6 Å². The third-order valence-electron chi connectivity index (χ3n) is 4.59. The van der Waals surface area contributed by atoms with Crippen LogP contribution < -0.4 is 10.2 Å². The van der Waals surface area contributed by atoms with Gasteiger partial charge >= 0.3 is 0 Å². The molecule has 0 aromatic heterocycles. The number of halogens is 1. The molecule has 1 N–H and O–H groups in total. The first-order valence-electron chi connectivity index (χ1n) is 8.65. The number of sulfone groups is 1. The number of aliphatic imine (C=N–C) groups is 1. The number of fused-ring (bicyclic) bond motifs is 1. The minimum absolute atomic E-state index is 0. The number of hydrogen-bond donors (Lipinski definition) is 1. The van der Waals surface area contributed by atoms with E-state index in [9.17, 15) is 8.42 Å². The summed E-state index contributed by atoms with van der Waals surface area (Å²) in [7, 11) is -2.81. The highest BCUT2D eigenvalue weighted by atomic mass is 127. The first-order valence-corrected chi connectivity index (χ1v) is 10.5. The second kappa shape index (κ2) is 9.18. The molecule has 0 spiro atoms. The zero-order valence-corrected chi connectivity index (χ0v) is 17.8. The van der Waals surface area contributed by atoms with Gasteiger partial charge in [0.2, 0.25) is 0 Å². The van der Waals surface area contributed by atoms with Crippen LogP contribution in [0.15, 0.2) is 29.3 Å². The second-order valence-corrected chi connectivity index (χ2v) is 8.56. The lowest BCUT2D eigenvalue weighted by Crippen LogP contribution is -2.43. The molecule has 0 saturated carbocycles. The molecule has 2 aliphatic rings. The lowest BCUT2D eigenvalue weighted by atomic mass is 10.2. The highest BCUT2D eigenvalue weighted by Gasteiger charge is 2.23. The Bertz CT molecular complexity index is 694. The van der Waals surface area contributed by atoms with Gasteiger partial charge < -0.3 is 10.2 Å². The molecule has 8 heteroatoms. The molecule has 3 rings (SSSR count). The van der Waals surface area contributed by atoms with Gasteiger partial charge in [0.25, 0.3) is 0 Å². The van der Waals surface area contributed by atoms with Crippen molar-refractivity contribution >= 4 is 45.5 Å². The van der Waals surface area contributed by atoms with E-state index < -0.39 is 9.84 Å². The predicted octanol–water partition coefficient (Wildman–Crippen LogP) is 1.36. The van der Waals surface area contributed by atoms with Gasteiger partial charge in [-0.2, -0.15) is 0 Å². The van der Waals surface area contributed by atoms with Crippen molar-refractivity contribution in [3.8, 4) is 0 Å². The van der Waals surface area contributed by atoms with E-state index >= 15 is 0 Å². The number of hydrogen-bond acceptors (Lipinski definition) is 4. The lowest BCUT2D eigenvalue weighted by molar-refractivity contribution is 0.304. The summed E-state index contributed by atoms with van der Waals surface area (Å²) in [5, 5.41) is 3.38. The number of benzene rings is 1. The van der Waals surface area contributed by atoms with Crippen molar-refractivity contribution in [1.82, 2.24) is 10.2 Å². The summed E-state index contributed by atoms with van der Waals surface area (Å²) in [6.07, 6.45) is 1.05. The van der Waals surface area contributed by atoms with Crippen LogP contribution in [0, 0.1) is 0 Å². The minimum Gasteiger partial charge on any atom is -0.356 e. The van der Waals surface area contributed by atoms with E-state index in [4.69, 9.17) is 4.99 Å². The fourth-order valence-corrected chi connectivity index (χ4v) is 4.50. The summed E-state index contributed by atoms with van der Waals surface area (Å²) in [5.41, 5.74) is 2.60. The maximum Gasteiger partial charge on any atom is 0.198 e. The van der Waals surface area contributed by atoms with Gasteiger partial charge in [0.05, 0.1) is 18.1 Å². The maximum atomic E-state index is 11.5. The lowest BCUT2D eigenvalue weighted by Gasteiger charge is -2.26. The topological polar surface area (TPSA) is 65.0 Å². The minimum atomic E-state index is -2.81. The number of guanidine groups is 1. The number of nitrogens with zero attached hydrogens (tertiary/aromatic N) is 3. The normalized spacial score (nSPS) is 20.0. The zero-order chi connectivity index (χ0) is 17.0. The second-order valence-electron chi connectivity index (χ2n) is 6.26. The van der Waals surface area contributed by atoms with Crippen molar-refractivity contribution in [3.05, 3.63) is 29.8 Å². The van der Waals surface area contributed by atoms with Crippen LogP contribution >= 0.6 is 24.0 Å². The number of anilines is 1. The van der Waals surface area contributed by atoms with Crippen molar-refractivity contribution in [2.75, 3.05) is 55.7 Å². The Balaban J connectivity index is 0.00000225. The Kier molecular flexibility index (Phi) is 7.51. The molecule has 140 valence electrons. The zero-order valence-electron chi connectivity index (χ0n) is 14.6. The standard InChI is InChI=1S/C17H26N4O2S.HI/c1-2-18-17(21-9-7-15-5-3-4-6-16(15)21)19-8-10-20-11-13-24(22,23)14-12-20;/h3-6H,2,7-14H2,1H3,(H,18,19);1H. The van der Waals surface area contributed by atoms with Gasteiger partial charge in [-0.3, -0.25) is 9.89 Å². The van der Waals surface area contributed by atoms with E-state index in [1.165, 1.54) is 11.3 Å². The Morgan fingerprint density at radius 1 is 1.20 bits per heavy atom. The Hall–Kier alpha value is -0.870. The van der Waals surface area contributed by atoms with Gasteiger partial charge in [0, 0.05) is 38.4 Å². The van der Waals surface area contributed by atoms with Crippen molar-refractivity contribution < 1.29 is 8.42 Å². The number of nitrogens with one attached hydrogen (secondary N) is 1. The smallest absolute Gasteiger partial charge is 0.198 e. The SMILES string of the molecule is CCNC(=NCCN1CCS(=O)(=O)CC1)N1CCc2ccccc21.I. The van der Waals surface area contributed by atoms with Crippen molar-refractivity contribution in [2.45, 2.75) is 13.3 Å². The number of rotatable bonds is 4. The van der Waals surface area contributed by atoms with Crippen LogP contribution in [0.25, 0.3) is 0 Å². The largest absolute Gasteiger partial charge is 0.356 e. The molecule has 1 aromatic carbocycles. The van der Waals surface area contributed by atoms with Crippen molar-refractivity contribution in [2.24, 2.45) is 4.99 Å². The Morgan fingerprint density at radius 3 is 2.64 bits per heavy atom. The fourth-order valence-electron chi connectivity index (χ4n) is 3.22. The molecule has 2 aliphatic heterocycles. The summed E-state index contributed by atoms with van der Waals surface area (Å²) in [5.74, 6) is 1.47. The average Bonchev–Trinajstić information content (AvgIpc) is 2.99. The van der Waals surface area contributed by atoms with Crippen LogP contribution in [0.1, 0.15) is 12.5 Å². The molecule has 1 fully saturated rings. The molecule has 0 bridgehead atoms. The van der Waals surface area contributed by atoms with Gasteiger partial charge in [-0.05, 0) is 25.0 Å². The van der Waals surface area contributed by atoms with E-state index in [2.05, 4.69) is 46.3 Å². The molecule has 0 aliphatic carbocycles. The van der Waals surface area contributed by atoms with E-state index in [-0.39, 0.29) is 35.5 Å². The summed E-state index contributed by atoms with van der Waals surface area (Å²) in [6.45, 7) is 6.60. The molecule has 1 saturated heterocycles. The summed E-state index contributed by atoms with van der Waals surface area (Å²) >= 11 is 0. The first kappa shape index (κ1) is 20.4. The summed E-state index contributed by atoms with van der Waals surface area (Å²) < 4.78 is 23.0. The molecule has 2 heterocycles. The average molecular weight is 478 g/mol. The Labute approximate surface area is 167 Å². The highest BCUT2D eigenvalue weighted by molar-refractivity contribution is 14.0. The van der Waals surface area contributed by atoms with Gasteiger partial charge in [0.1, 0.15) is 0 Å². The summed E-state index contributed by atoms with van der Waals surface area (Å²) in [6, 6.07) is 8.46. The molecule has 0 atom stereocenters. The quantitative estimate of drug-likeness (QED) is 0.403. The van der Waals surface area contributed by atoms with Crippen LogP contribution in [-0.2, 0) is 16.3 Å². The van der Waals surface area contributed by atoms with Crippen molar-refractivity contribution in [1.29, 1.82) is 0 Å². The van der Waals surface area contributed by atoms with Crippen LogP contribution in [0.4, 0.5) is 5.69 Å². The molecule has 0 radical (unpaired) electrons. The van der Waals surface area contributed by atoms with Crippen LogP contribution in [0.3, 0.4) is 0 Å². The predicted molar refractivity (Wildman–Crippen MR) is 114 cm³/mol. The fraction of sp³-hybridized carbons (Fsp3) is 0.588. The molecule has 1 aromatic rings. The van der Waals surface area contributed by atoms with Crippen molar-refractivity contribution in [3.63, 3.8) is 0 Å².